The summed E-state index contributed by atoms with van der Waals surface area (Å²) in [6, 6.07) is 0. The molecule has 10 heavy (non-hydrogen) atoms. The molecule has 0 aromatic rings. The maximum atomic E-state index is 10.3. The van der Waals surface area contributed by atoms with Gasteiger partial charge < -0.3 is 16.4 Å². The van der Waals surface area contributed by atoms with Crippen LogP contribution in [0.2, 0.25) is 0 Å². The molecular formula is C6H15N3O. The van der Waals surface area contributed by atoms with E-state index >= 15 is 0 Å². The molecule has 0 fully saturated rings. The molecule has 4 N–H and O–H groups in total. The van der Waals surface area contributed by atoms with Gasteiger partial charge in [-0.3, -0.25) is 4.79 Å². The molecule has 0 aromatic heterocycles. The van der Waals surface area contributed by atoms with Gasteiger partial charge in [0.05, 0.1) is 0 Å². The zero-order valence-electron chi connectivity index (χ0n) is 6.31. The lowest BCUT2D eigenvalue weighted by Crippen LogP contribution is -2.32. The number of amides is 1. The van der Waals surface area contributed by atoms with E-state index in [1.54, 1.807) is 0 Å². The first-order valence-electron chi connectivity index (χ1n) is 3.42. The van der Waals surface area contributed by atoms with Crippen LogP contribution in [0, 0.1) is 0 Å². The maximum absolute atomic E-state index is 10.3. The fourth-order valence-electron chi connectivity index (χ4n) is 0.554. The zero-order chi connectivity index (χ0) is 7.82. The molecule has 60 valence electrons. The van der Waals surface area contributed by atoms with Crippen molar-refractivity contribution in [3.63, 3.8) is 0 Å². The van der Waals surface area contributed by atoms with E-state index in [4.69, 9.17) is 5.73 Å². The second-order valence-electron chi connectivity index (χ2n) is 2.02. The highest BCUT2D eigenvalue weighted by Crippen LogP contribution is 1.59. The molecule has 0 saturated carbocycles. The molecular weight excluding hydrogens is 130 g/mol. The van der Waals surface area contributed by atoms with Gasteiger partial charge >= 0.3 is 0 Å². The van der Waals surface area contributed by atoms with Crippen LogP contribution in [0.15, 0.2) is 0 Å². The van der Waals surface area contributed by atoms with E-state index in [0.717, 1.165) is 13.1 Å². The van der Waals surface area contributed by atoms with Crippen LogP contribution in [0.4, 0.5) is 0 Å². The molecule has 0 aromatic carbocycles. The number of carbonyl (C=O) groups excluding carboxylic acids is 1. The summed E-state index contributed by atoms with van der Waals surface area (Å²) in [5, 5.41) is 5.71. The number of hydrogen-bond donors (Lipinski definition) is 3. The SMILES string of the molecule is CC(=O)NCCNCCN. The lowest BCUT2D eigenvalue weighted by Gasteiger charge is -2.02. The van der Waals surface area contributed by atoms with Crippen LogP contribution in [-0.2, 0) is 4.79 Å². The van der Waals surface area contributed by atoms with Crippen molar-refractivity contribution in [3.05, 3.63) is 0 Å². The molecule has 1 amide bonds. The van der Waals surface area contributed by atoms with Crippen LogP contribution in [0.3, 0.4) is 0 Å². The first-order valence-corrected chi connectivity index (χ1v) is 3.42. The van der Waals surface area contributed by atoms with E-state index in [1.165, 1.54) is 6.92 Å². The summed E-state index contributed by atoms with van der Waals surface area (Å²) in [7, 11) is 0. The van der Waals surface area contributed by atoms with Gasteiger partial charge in [-0.05, 0) is 0 Å². The standard InChI is InChI=1S/C6H15N3O/c1-6(10)9-5-4-8-3-2-7/h8H,2-5,7H2,1H3,(H,9,10). The predicted molar refractivity (Wildman–Crippen MR) is 40.6 cm³/mol. The highest BCUT2D eigenvalue weighted by molar-refractivity contribution is 5.72. The van der Waals surface area contributed by atoms with Crippen molar-refractivity contribution in [3.8, 4) is 0 Å². The lowest BCUT2D eigenvalue weighted by atomic mass is 10.5. The molecule has 0 bridgehead atoms. The van der Waals surface area contributed by atoms with E-state index in [-0.39, 0.29) is 5.91 Å². The summed E-state index contributed by atoms with van der Waals surface area (Å²) >= 11 is 0. The molecule has 4 heteroatoms. The first kappa shape index (κ1) is 9.39. The van der Waals surface area contributed by atoms with Crippen LogP contribution in [0.1, 0.15) is 6.92 Å². The minimum atomic E-state index is 0.00884. The van der Waals surface area contributed by atoms with E-state index in [2.05, 4.69) is 10.6 Å². The Morgan fingerprint density at radius 3 is 2.60 bits per heavy atom. The fraction of sp³-hybridized carbons (Fsp3) is 0.833. The Balaban J connectivity index is 2.84. The quantitative estimate of drug-likeness (QED) is 0.420. The molecule has 4 nitrogen and oxygen atoms in total. The molecule has 0 rings (SSSR count). The first-order chi connectivity index (χ1) is 4.77. The smallest absolute Gasteiger partial charge is 0.216 e. The summed E-state index contributed by atoms with van der Waals surface area (Å²) in [4.78, 5) is 10.3. The Morgan fingerprint density at radius 1 is 1.40 bits per heavy atom. The largest absolute Gasteiger partial charge is 0.355 e. The predicted octanol–water partition coefficient (Wildman–Crippen LogP) is -1.33. The van der Waals surface area contributed by atoms with E-state index in [0.29, 0.717) is 13.1 Å². The van der Waals surface area contributed by atoms with Crippen molar-refractivity contribution < 1.29 is 4.79 Å². The number of rotatable bonds is 5. The Bertz CT molecular complexity index is 95.0. The molecule has 0 saturated heterocycles. The molecule has 0 aliphatic rings. The highest BCUT2D eigenvalue weighted by Gasteiger charge is 1.87. The van der Waals surface area contributed by atoms with Crippen LogP contribution in [0.25, 0.3) is 0 Å². The van der Waals surface area contributed by atoms with E-state index in [1.807, 2.05) is 0 Å². The third-order valence-corrected chi connectivity index (χ3v) is 0.997. The van der Waals surface area contributed by atoms with E-state index in [9.17, 15) is 4.79 Å². The molecule has 0 heterocycles. The van der Waals surface area contributed by atoms with Crippen molar-refractivity contribution >= 4 is 5.91 Å². The summed E-state index contributed by atoms with van der Waals surface area (Å²) in [5.74, 6) is 0.00884. The van der Waals surface area contributed by atoms with Crippen molar-refractivity contribution in [1.29, 1.82) is 0 Å². The zero-order valence-corrected chi connectivity index (χ0v) is 6.31. The molecule has 0 atom stereocenters. The van der Waals surface area contributed by atoms with Crippen molar-refractivity contribution in [1.82, 2.24) is 10.6 Å². The maximum Gasteiger partial charge on any atom is 0.216 e. The third-order valence-electron chi connectivity index (χ3n) is 0.997. The molecule has 0 aliphatic heterocycles. The lowest BCUT2D eigenvalue weighted by molar-refractivity contribution is -0.118. The van der Waals surface area contributed by atoms with Crippen LogP contribution in [0.5, 0.6) is 0 Å². The topological polar surface area (TPSA) is 67.2 Å². The Morgan fingerprint density at radius 2 is 2.10 bits per heavy atom. The minimum absolute atomic E-state index is 0.00884. The van der Waals surface area contributed by atoms with Crippen LogP contribution >= 0.6 is 0 Å². The molecule has 0 unspecified atom stereocenters. The fourth-order valence-corrected chi connectivity index (χ4v) is 0.554. The Hall–Kier alpha value is -0.610. The summed E-state index contributed by atoms with van der Waals surface area (Å²) in [5.41, 5.74) is 5.22. The van der Waals surface area contributed by atoms with Crippen LogP contribution < -0.4 is 16.4 Å². The monoisotopic (exact) mass is 145 g/mol. The van der Waals surface area contributed by atoms with Gasteiger partial charge in [-0.25, -0.2) is 0 Å². The van der Waals surface area contributed by atoms with Crippen molar-refractivity contribution in [2.45, 2.75) is 6.92 Å². The van der Waals surface area contributed by atoms with Gasteiger partial charge in [0, 0.05) is 33.1 Å². The summed E-state index contributed by atoms with van der Waals surface area (Å²) in [6.07, 6.45) is 0. The van der Waals surface area contributed by atoms with Crippen molar-refractivity contribution in [2.24, 2.45) is 5.73 Å². The van der Waals surface area contributed by atoms with Gasteiger partial charge in [0.1, 0.15) is 0 Å². The van der Waals surface area contributed by atoms with Crippen molar-refractivity contribution in [2.75, 3.05) is 26.2 Å². The van der Waals surface area contributed by atoms with Gasteiger partial charge in [-0.1, -0.05) is 0 Å². The van der Waals surface area contributed by atoms with E-state index < -0.39 is 0 Å². The Kier molecular flexibility index (Phi) is 6.11. The minimum Gasteiger partial charge on any atom is -0.355 e. The van der Waals surface area contributed by atoms with Gasteiger partial charge in [0.25, 0.3) is 0 Å². The second-order valence-corrected chi connectivity index (χ2v) is 2.02. The normalized spacial score (nSPS) is 9.40. The average Bonchev–Trinajstić information content (AvgIpc) is 1.87. The summed E-state index contributed by atoms with van der Waals surface area (Å²) < 4.78 is 0. The van der Waals surface area contributed by atoms with Gasteiger partial charge in [-0.15, -0.1) is 0 Å². The molecule has 0 aliphatic carbocycles. The average molecular weight is 145 g/mol. The highest BCUT2D eigenvalue weighted by atomic mass is 16.1. The molecule has 0 radical (unpaired) electrons. The Labute approximate surface area is 61.2 Å². The second kappa shape index (κ2) is 6.51. The summed E-state index contributed by atoms with van der Waals surface area (Å²) in [6.45, 7) is 4.41. The van der Waals surface area contributed by atoms with Crippen LogP contribution in [-0.4, -0.2) is 32.1 Å². The molecule has 0 spiro atoms. The number of nitrogens with two attached hydrogens (primary N) is 1. The number of nitrogens with one attached hydrogen (secondary N) is 2. The number of hydrogen-bond acceptors (Lipinski definition) is 3. The third kappa shape index (κ3) is 7.39. The van der Waals surface area contributed by atoms with Gasteiger partial charge in [0.15, 0.2) is 0 Å². The number of carbonyl (C=O) groups is 1. The van der Waals surface area contributed by atoms with Gasteiger partial charge in [-0.2, -0.15) is 0 Å². The van der Waals surface area contributed by atoms with Gasteiger partial charge in [0.2, 0.25) is 5.91 Å².